The fourth-order valence-electron chi connectivity index (χ4n) is 1.92. The van der Waals surface area contributed by atoms with Crippen molar-refractivity contribution in [3.63, 3.8) is 0 Å². The van der Waals surface area contributed by atoms with Gasteiger partial charge >= 0.3 is 0 Å². The second-order valence-electron chi connectivity index (χ2n) is 4.27. The van der Waals surface area contributed by atoms with Gasteiger partial charge in [-0.3, -0.25) is 4.79 Å². The first kappa shape index (κ1) is 15.1. The van der Waals surface area contributed by atoms with Crippen LogP contribution in [0.25, 0.3) is 0 Å². The Morgan fingerprint density at radius 3 is 2.84 bits per heavy atom. The maximum Gasteiger partial charge on any atom is 0.241 e. The summed E-state index contributed by atoms with van der Waals surface area (Å²) >= 11 is 15.4. The average Bonchev–Trinajstić information content (AvgIpc) is 2.88. The topological polar surface area (TPSA) is 50.4 Å². The summed E-state index contributed by atoms with van der Waals surface area (Å²) in [7, 11) is 1.64. The molecule has 2 rings (SSSR count). The molecule has 1 aromatic carbocycles. The molecule has 0 aromatic heterocycles. The number of halogens is 3. The molecule has 2 unspecified atom stereocenters. The number of carbonyl (C=O) groups excluding carboxylic acids is 1. The molecular formula is C12H13BrCl2N2O2. The van der Waals surface area contributed by atoms with E-state index in [0.29, 0.717) is 33.2 Å². The first-order valence-electron chi connectivity index (χ1n) is 5.73. The zero-order chi connectivity index (χ0) is 14.0. The summed E-state index contributed by atoms with van der Waals surface area (Å²) in [4.78, 5) is 12.1. The Morgan fingerprint density at radius 1 is 1.47 bits per heavy atom. The third kappa shape index (κ3) is 3.41. The Kier molecular flexibility index (Phi) is 5.09. The number of methoxy groups -OCH3 is 1. The minimum absolute atomic E-state index is 0.0692. The largest absolute Gasteiger partial charge is 0.380 e. The van der Waals surface area contributed by atoms with Crippen LogP contribution in [0.2, 0.25) is 10.0 Å². The molecule has 0 bridgehead atoms. The van der Waals surface area contributed by atoms with Gasteiger partial charge in [-0.25, -0.2) is 0 Å². The van der Waals surface area contributed by atoms with Crippen molar-refractivity contribution in [2.24, 2.45) is 0 Å². The predicted molar refractivity (Wildman–Crippen MR) is 80.0 cm³/mol. The van der Waals surface area contributed by atoms with E-state index in [1.54, 1.807) is 19.2 Å². The molecule has 1 aromatic rings. The van der Waals surface area contributed by atoms with Crippen LogP contribution >= 0.6 is 39.1 Å². The van der Waals surface area contributed by atoms with Crippen LogP contribution in [-0.2, 0) is 9.53 Å². The SMILES string of the molecule is COC1CNC(C(=O)Nc2ccc(Br)c(Cl)c2Cl)C1. The van der Waals surface area contributed by atoms with Crippen molar-refractivity contribution in [2.75, 3.05) is 19.0 Å². The van der Waals surface area contributed by atoms with Gasteiger partial charge in [-0.2, -0.15) is 0 Å². The predicted octanol–water partition coefficient (Wildman–Crippen LogP) is 3.07. The Morgan fingerprint density at radius 2 is 2.21 bits per heavy atom. The highest BCUT2D eigenvalue weighted by Crippen LogP contribution is 2.35. The molecule has 2 atom stereocenters. The second kappa shape index (κ2) is 6.41. The van der Waals surface area contributed by atoms with Crippen molar-refractivity contribution in [3.8, 4) is 0 Å². The maximum absolute atomic E-state index is 12.1. The number of hydrogen-bond acceptors (Lipinski definition) is 3. The van der Waals surface area contributed by atoms with Crippen molar-refractivity contribution < 1.29 is 9.53 Å². The Hall–Kier alpha value is -0.330. The molecule has 0 radical (unpaired) electrons. The molecule has 1 heterocycles. The summed E-state index contributed by atoms with van der Waals surface area (Å²) in [6.45, 7) is 0.670. The van der Waals surface area contributed by atoms with E-state index in [4.69, 9.17) is 27.9 Å². The van der Waals surface area contributed by atoms with Gasteiger partial charge in [0.1, 0.15) is 0 Å². The highest BCUT2D eigenvalue weighted by atomic mass is 79.9. The molecule has 1 aliphatic heterocycles. The number of ether oxygens (including phenoxy) is 1. The summed E-state index contributed by atoms with van der Waals surface area (Å²) in [5.41, 5.74) is 0.502. The fourth-order valence-corrected chi connectivity index (χ4v) is 2.75. The zero-order valence-electron chi connectivity index (χ0n) is 10.2. The smallest absolute Gasteiger partial charge is 0.241 e. The quantitative estimate of drug-likeness (QED) is 0.807. The molecule has 7 heteroatoms. The molecule has 104 valence electrons. The van der Waals surface area contributed by atoms with Crippen LogP contribution in [0.1, 0.15) is 6.42 Å². The summed E-state index contributed by atoms with van der Waals surface area (Å²) in [5, 5.41) is 6.58. The normalized spacial score (nSPS) is 22.5. The van der Waals surface area contributed by atoms with Gasteiger partial charge in [0.2, 0.25) is 5.91 Å². The summed E-state index contributed by atoms with van der Waals surface area (Å²) in [5.74, 6) is -0.139. The summed E-state index contributed by atoms with van der Waals surface area (Å²) < 4.78 is 5.89. The lowest BCUT2D eigenvalue weighted by Gasteiger charge is -2.13. The highest BCUT2D eigenvalue weighted by molar-refractivity contribution is 9.10. The minimum atomic E-state index is -0.275. The van der Waals surface area contributed by atoms with Crippen LogP contribution in [0.15, 0.2) is 16.6 Å². The number of anilines is 1. The molecule has 1 fully saturated rings. The van der Waals surface area contributed by atoms with E-state index >= 15 is 0 Å². The van der Waals surface area contributed by atoms with Gasteiger partial charge in [-0.1, -0.05) is 23.2 Å². The van der Waals surface area contributed by atoms with Crippen LogP contribution in [0.5, 0.6) is 0 Å². The minimum Gasteiger partial charge on any atom is -0.380 e. The van der Waals surface area contributed by atoms with Crippen LogP contribution in [0.4, 0.5) is 5.69 Å². The zero-order valence-corrected chi connectivity index (χ0v) is 13.3. The molecule has 1 aliphatic rings. The molecular weight excluding hydrogens is 355 g/mol. The van der Waals surface area contributed by atoms with Crippen molar-refractivity contribution >= 4 is 50.7 Å². The first-order chi connectivity index (χ1) is 9.02. The lowest BCUT2D eigenvalue weighted by Crippen LogP contribution is -2.35. The number of benzene rings is 1. The van der Waals surface area contributed by atoms with Crippen molar-refractivity contribution in [2.45, 2.75) is 18.6 Å². The van der Waals surface area contributed by atoms with Crippen LogP contribution in [-0.4, -0.2) is 31.7 Å². The van der Waals surface area contributed by atoms with Gasteiger partial charge in [0.25, 0.3) is 0 Å². The molecule has 0 spiro atoms. The standard InChI is InChI=1S/C12H13BrCl2N2O2/c1-19-6-4-9(16-5-6)12(18)17-8-3-2-7(13)10(14)11(8)15/h2-3,6,9,16H,4-5H2,1H3,(H,17,18). The molecule has 0 saturated carbocycles. The number of nitrogens with one attached hydrogen (secondary N) is 2. The van der Waals surface area contributed by atoms with E-state index in [9.17, 15) is 4.79 Å². The van der Waals surface area contributed by atoms with E-state index in [-0.39, 0.29) is 18.1 Å². The van der Waals surface area contributed by atoms with E-state index in [1.807, 2.05) is 0 Å². The van der Waals surface area contributed by atoms with Crippen LogP contribution in [0, 0.1) is 0 Å². The average molecular weight is 368 g/mol. The summed E-state index contributed by atoms with van der Waals surface area (Å²) in [6, 6.07) is 3.17. The van der Waals surface area contributed by atoms with E-state index in [1.165, 1.54) is 0 Å². The van der Waals surface area contributed by atoms with E-state index in [2.05, 4.69) is 26.6 Å². The van der Waals surface area contributed by atoms with Gasteiger partial charge in [-0.15, -0.1) is 0 Å². The van der Waals surface area contributed by atoms with Gasteiger partial charge in [0.15, 0.2) is 0 Å². The Labute approximate surface area is 129 Å². The van der Waals surface area contributed by atoms with Gasteiger partial charge in [-0.05, 0) is 34.5 Å². The van der Waals surface area contributed by atoms with E-state index in [0.717, 1.165) is 0 Å². The molecule has 4 nitrogen and oxygen atoms in total. The number of carbonyl (C=O) groups is 1. The van der Waals surface area contributed by atoms with Crippen molar-refractivity contribution in [1.29, 1.82) is 0 Å². The van der Waals surface area contributed by atoms with Crippen LogP contribution in [0.3, 0.4) is 0 Å². The highest BCUT2D eigenvalue weighted by Gasteiger charge is 2.29. The third-order valence-electron chi connectivity index (χ3n) is 3.03. The number of hydrogen-bond donors (Lipinski definition) is 2. The maximum atomic E-state index is 12.1. The number of amides is 1. The monoisotopic (exact) mass is 366 g/mol. The lowest BCUT2D eigenvalue weighted by atomic mass is 10.2. The Balaban J connectivity index is 2.06. The van der Waals surface area contributed by atoms with Crippen molar-refractivity contribution in [3.05, 3.63) is 26.7 Å². The summed E-state index contributed by atoms with van der Waals surface area (Å²) in [6.07, 6.45) is 0.712. The van der Waals surface area contributed by atoms with Crippen LogP contribution < -0.4 is 10.6 Å². The fraction of sp³-hybridized carbons (Fsp3) is 0.417. The molecule has 1 amide bonds. The van der Waals surface area contributed by atoms with Gasteiger partial charge in [0.05, 0.1) is 27.9 Å². The van der Waals surface area contributed by atoms with Gasteiger partial charge in [0, 0.05) is 18.1 Å². The van der Waals surface area contributed by atoms with E-state index < -0.39 is 0 Å². The van der Waals surface area contributed by atoms with Crippen molar-refractivity contribution in [1.82, 2.24) is 5.32 Å². The lowest BCUT2D eigenvalue weighted by molar-refractivity contribution is -0.118. The first-order valence-corrected chi connectivity index (χ1v) is 7.28. The second-order valence-corrected chi connectivity index (χ2v) is 5.88. The van der Waals surface area contributed by atoms with Gasteiger partial charge < -0.3 is 15.4 Å². The Bertz CT molecular complexity index is 499. The molecule has 0 aliphatic carbocycles. The molecule has 2 N–H and O–H groups in total. The molecule has 1 saturated heterocycles. The third-order valence-corrected chi connectivity index (χ3v) is 4.80. The number of rotatable bonds is 3. The molecule has 19 heavy (non-hydrogen) atoms.